The molecule has 1 heterocycles. The summed E-state index contributed by atoms with van der Waals surface area (Å²) in [5.74, 6) is 1.20. The first-order valence-electron chi connectivity index (χ1n) is 5.67. The van der Waals surface area contributed by atoms with E-state index >= 15 is 0 Å². The topological polar surface area (TPSA) is 0 Å². The summed E-state index contributed by atoms with van der Waals surface area (Å²) in [6.07, 6.45) is 2.35. The maximum atomic E-state index is 2.35. The lowest BCUT2D eigenvalue weighted by molar-refractivity contribution is 0.844. The Bertz CT molecular complexity index is 351. The third kappa shape index (κ3) is 3.20. The highest BCUT2D eigenvalue weighted by molar-refractivity contribution is 7.12. The van der Waals surface area contributed by atoms with Crippen molar-refractivity contribution in [1.29, 1.82) is 0 Å². The highest BCUT2D eigenvalue weighted by Crippen LogP contribution is 2.34. The Hall–Kier alpha value is -0.560. The second-order valence-electron chi connectivity index (χ2n) is 4.86. The van der Waals surface area contributed by atoms with Crippen LogP contribution in [-0.4, -0.2) is 0 Å². The molecule has 0 saturated carbocycles. The summed E-state index contributed by atoms with van der Waals surface area (Å²) in [7, 11) is 0. The summed E-state index contributed by atoms with van der Waals surface area (Å²) >= 11 is 1.95. The van der Waals surface area contributed by atoms with Gasteiger partial charge in [-0.1, -0.05) is 32.4 Å². The van der Waals surface area contributed by atoms with Crippen LogP contribution in [0.5, 0.6) is 0 Å². The third-order valence-corrected chi connectivity index (χ3v) is 3.88. The first-order valence-corrected chi connectivity index (χ1v) is 6.48. The van der Waals surface area contributed by atoms with Crippen molar-refractivity contribution in [3.8, 4) is 0 Å². The highest BCUT2D eigenvalue weighted by Gasteiger charge is 2.14. The molecule has 1 atom stereocenters. The number of aryl methyl sites for hydroxylation is 1. The molecule has 0 spiro atoms. The normalized spacial score (nSPS) is 13.0. The summed E-state index contributed by atoms with van der Waals surface area (Å²) in [4.78, 5) is 2.99. The summed E-state index contributed by atoms with van der Waals surface area (Å²) in [5.41, 5.74) is 2.93. The second kappa shape index (κ2) is 4.98. The van der Waals surface area contributed by atoms with Gasteiger partial charge in [0.2, 0.25) is 0 Å². The average Bonchev–Trinajstić information content (AvgIpc) is 2.46. The minimum Gasteiger partial charge on any atom is -0.145 e. The molecule has 0 aliphatic heterocycles. The SMILES string of the molecule is CC(C)=CC(C)c1cc(C)sc1C(C)C. The number of hydrogen-bond donors (Lipinski definition) is 0. The van der Waals surface area contributed by atoms with E-state index in [0.29, 0.717) is 11.8 Å². The molecule has 0 nitrogen and oxygen atoms in total. The fourth-order valence-electron chi connectivity index (χ4n) is 1.95. The number of hydrogen-bond acceptors (Lipinski definition) is 1. The van der Waals surface area contributed by atoms with Crippen LogP contribution in [0.25, 0.3) is 0 Å². The van der Waals surface area contributed by atoms with Crippen molar-refractivity contribution in [3.63, 3.8) is 0 Å². The largest absolute Gasteiger partial charge is 0.145 e. The van der Waals surface area contributed by atoms with Gasteiger partial charge in [0.25, 0.3) is 0 Å². The molecule has 1 rings (SSSR count). The molecule has 1 aromatic heterocycles. The van der Waals surface area contributed by atoms with E-state index in [1.807, 2.05) is 11.3 Å². The van der Waals surface area contributed by atoms with E-state index in [0.717, 1.165) is 0 Å². The van der Waals surface area contributed by atoms with Crippen LogP contribution in [0.4, 0.5) is 0 Å². The minimum absolute atomic E-state index is 0.553. The van der Waals surface area contributed by atoms with Crippen molar-refractivity contribution in [2.45, 2.75) is 53.4 Å². The minimum atomic E-state index is 0.553. The number of thiophene rings is 1. The number of allylic oxidation sites excluding steroid dienone is 2. The van der Waals surface area contributed by atoms with E-state index in [9.17, 15) is 0 Å². The Balaban J connectivity index is 3.07. The predicted octanol–water partition coefficient (Wildman–Crippen LogP) is 5.25. The molecule has 0 aliphatic rings. The molecule has 0 fully saturated rings. The quantitative estimate of drug-likeness (QED) is 0.613. The van der Waals surface area contributed by atoms with Crippen molar-refractivity contribution in [2.24, 2.45) is 0 Å². The van der Waals surface area contributed by atoms with Gasteiger partial charge < -0.3 is 0 Å². The van der Waals surface area contributed by atoms with Gasteiger partial charge in [0.05, 0.1) is 0 Å². The maximum absolute atomic E-state index is 2.35. The summed E-state index contributed by atoms with van der Waals surface area (Å²) in [5, 5.41) is 0. The molecule has 0 aromatic carbocycles. The molecule has 84 valence electrons. The molecule has 0 aliphatic carbocycles. The van der Waals surface area contributed by atoms with E-state index in [1.54, 1.807) is 4.88 Å². The summed E-state index contributed by atoms with van der Waals surface area (Å²) in [6, 6.07) is 2.35. The predicted molar refractivity (Wildman–Crippen MR) is 71.0 cm³/mol. The Labute approximate surface area is 98.0 Å². The molecule has 1 heteroatoms. The molecule has 1 unspecified atom stereocenters. The van der Waals surface area contributed by atoms with Crippen molar-refractivity contribution >= 4 is 11.3 Å². The molecule has 0 bridgehead atoms. The molecule has 0 saturated heterocycles. The van der Waals surface area contributed by atoms with Gasteiger partial charge >= 0.3 is 0 Å². The monoisotopic (exact) mass is 222 g/mol. The van der Waals surface area contributed by atoms with Gasteiger partial charge in [-0.2, -0.15) is 0 Å². The zero-order valence-corrected chi connectivity index (χ0v) is 11.5. The summed E-state index contributed by atoms with van der Waals surface area (Å²) < 4.78 is 0. The fourth-order valence-corrected chi connectivity index (χ4v) is 3.08. The van der Waals surface area contributed by atoms with Crippen molar-refractivity contribution in [1.82, 2.24) is 0 Å². The molecule has 0 N–H and O–H groups in total. The van der Waals surface area contributed by atoms with E-state index in [-0.39, 0.29) is 0 Å². The molecular weight excluding hydrogens is 200 g/mol. The van der Waals surface area contributed by atoms with Gasteiger partial charge in [-0.3, -0.25) is 0 Å². The molecule has 0 radical (unpaired) electrons. The Morgan fingerprint density at radius 2 is 1.87 bits per heavy atom. The van der Waals surface area contributed by atoms with Crippen LogP contribution in [0.3, 0.4) is 0 Å². The van der Waals surface area contributed by atoms with Gasteiger partial charge in [-0.05, 0) is 38.3 Å². The molecule has 0 amide bonds. The van der Waals surface area contributed by atoms with E-state index in [4.69, 9.17) is 0 Å². The van der Waals surface area contributed by atoms with Crippen LogP contribution in [-0.2, 0) is 0 Å². The first kappa shape index (κ1) is 12.5. The highest BCUT2D eigenvalue weighted by atomic mass is 32.1. The Morgan fingerprint density at radius 1 is 1.27 bits per heavy atom. The number of rotatable bonds is 3. The van der Waals surface area contributed by atoms with Gasteiger partial charge in [0.15, 0.2) is 0 Å². The average molecular weight is 222 g/mol. The smallest absolute Gasteiger partial charge is 0.0111 e. The standard InChI is InChI=1S/C14H22S/c1-9(2)7-11(5)13-8-12(6)15-14(13)10(3)4/h7-8,10-11H,1-6H3. The van der Waals surface area contributed by atoms with E-state index < -0.39 is 0 Å². The van der Waals surface area contributed by atoms with Crippen molar-refractivity contribution in [2.75, 3.05) is 0 Å². The van der Waals surface area contributed by atoms with Crippen LogP contribution >= 0.6 is 11.3 Å². The van der Waals surface area contributed by atoms with Gasteiger partial charge in [0, 0.05) is 15.7 Å². The van der Waals surface area contributed by atoms with E-state index in [1.165, 1.54) is 16.0 Å². The van der Waals surface area contributed by atoms with Gasteiger partial charge in [-0.25, -0.2) is 0 Å². The van der Waals surface area contributed by atoms with Crippen LogP contribution in [0.2, 0.25) is 0 Å². The zero-order valence-electron chi connectivity index (χ0n) is 10.7. The third-order valence-electron chi connectivity index (χ3n) is 2.51. The van der Waals surface area contributed by atoms with Crippen LogP contribution in [0, 0.1) is 6.92 Å². The van der Waals surface area contributed by atoms with Gasteiger partial charge in [0.1, 0.15) is 0 Å². The Kier molecular flexibility index (Phi) is 4.15. The second-order valence-corrected chi connectivity index (χ2v) is 6.15. The van der Waals surface area contributed by atoms with Crippen LogP contribution in [0.15, 0.2) is 17.7 Å². The van der Waals surface area contributed by atoms with Crippen LogP contribution in [0.1, 0.15) is 61.8 Å². The maximum Gasteiger partial charge on any atom is 0.0111 e. The van der Waals surface area contributed by atoms with Crippen molar-refractivity contribution < 1.29 is 0 Å². The Morgan fingerprint density at radius 3 is 2.33 bits per heavy atom. The van der Waals surface area contributed by atoms with Crippen molar-refractivity contribution in [3.05, 3.63) is 33.0 Å². The summed E-state index contributed by atoms with van der Waals surface area (Å²) in [6.45, 7) is 13.4. The first-order chi connectivity index (χ1) is 6.91. The molecule has 15 heavy (non-hydrogen) atoms. The lowest BCUT2D eigenvalue weighted by Crippen LogP contribution is -1.94. The molecular formula is C14H22S. The lowest BCUT2D eigenvalue weighted by Gasteiger charge is -2.11. The zero-order chi connectivity index (χ0) is 11.6. The fraction of sp³-hybridized carbons (Fsp3) is 0.571. The lowest BCUT2D eigenvalue weighted by atomic mass is 9.95. The van der Waals surface area contributed by atoms with E-state index in [2.05, 4.69) is 53.7 Å². The van der Waals surface area contributed by atoms with Gasteiger partial charge in [-0.15, -0.1) is 11.3 Å². The molecule has 1 aromatic rings. The van der Waals surface area contributed by atoms with Crippen LogP contribution < -0.4 is 0 Å².